The molecule has 1 aromatic carbocycles. The molecule has 132 valence electrons. The molecule has 2 aliphatic rings. The maximum Gasteiger partial charge on any atom is 0.241 e. The molecule has 5 heteroatoms. The Bertz CT molecular complexity index is 525. The highest BCUT2D eigenvalue weighted by atomic mass is 32.2. The second-order valence-corrected chi connectivity index (χ2v) is 8.22. The Balaban J connectivity index is 1.63. The smallest absolute Gasteiger partial charge is 0.241 e. The minimum Gasteiger partial charge on any atom is -0.353 e. The van der Waals surface area contributed by atoms with Crippen LogP contribution in [0.25, 0.3) is 0 Å². The number of nitrogens with zero attached hydrogens (tertiary/aromatic N) is 1. The zero-order chi connectivity index (χ0) is 16.8. The first-order chi connectivity index (χ1) is 11.7. The monoisotopic (exact) mass is 347 g/mol. The average Bonchev–Trinajstić information content (AvgIpc) is 2.67. The van der Waals surface area contributed by atoms with Gasteiger partial charge in [0.2, 0.25) is 5.91 Å². The lowest BCUT2D eigenvalue weighted by Crippen LogP contribution is -2.59. The molecule has 0 radical (unpaired) electrons. The number of carbonyl (C=O) groups excluding carboxylic acids is 1. The number of nitrogens with two attached hydrogens (primary N) is 1. The molecule has 1 saturated carbocycles. The van der Waals surface area contributed by atoms with Gasteiger partial charge >= 0.3 is 0 Å². The van der Waals surface area contributed by atoms with Crippen molar-refractivity contribution in [2.75, 3.05) is 31.1 Å². The molecule has 0 spiro atoms. The summed E-state index contributed by atoms with van der Waals surface area (Å²) in [4.78, 5) is 15.2. The number of thioether (sulfide) groups is 1. The predicted molar refractivity (Wildman–Crippen MR) is 101 cm³/mol. The first-order valence-corrected chi connectivity index (χ1v) is 10.3. The van der Waals surface area contributed by atoms with Gasteiger partial charge in [0, 0.05) is 36.7 Å². The molecular weight excluding hydrogens is 318 g/mol. The van der Waals surface area contributed by atoms with Crippen molar-refractivity contribution in [3.63, 3.8) is 0 Å². The van der Waals surface area contributed by atoms with Crippen LogP contribution < -0.4 is 11.1 Å². The van der Waals surface area contributed by atoms with Gasteiger partial charge in [0.05, 0.1) is 0 Å². The number of rotatable bonds is 5. The summed E-state index contributed by atoms with van der Waals surface area (Å²) in [6.07, 6.45) is 6.24. The molecule has 0 bridgehead atoms. The Morgan fingerprint density at radius 2 is 1.83 bits per heavy atom. The van der Waals surface area contributed by atoms with E-state index < -0.39 is 6.04 Å². The zero-order valence-corrected chi connectivity index (χ0v) is 15.2. The minimum atomic E-state index is -0.580. The highest BCUT2D eigenvalue weighted by Crippen LogP contribution is 2.35. The number of nitrogens with one attached hydrogen (secondary N) is 1. The fourth-order valence-electron chi connectivity index (χ4n) is 4.03. The molecule has 1 saturated heterocycles. The summed E-state index contributed by atoms with van der Waals surface area (Å²) in [6, 6.07) is 9.06. The molecule has 0 aromatic heterocycles. The number of amides is 1. The summed E-state index contributed by atoms with van der Waals surface area (Å²) < 4.78 is 0. The topological polar surface area (TPSA) is 58.4 Å². The van der Waals surface area contributed by atoms with E-state index in [2.05, 4.69) is 10.2 Å². The van der Waals surface area contributed by atoms with Crippen molar-refractivity contribution in [1.82, 2.24) is 10.2 Å². The molecule has 3 N–H and O–H groups in total. The summed E-state index contributed by atoms with van der Waals surface area (Å²) in [5.74, 6) is 2.36. The number of hydrogen-bond donors (Lipinski definition) is 2. The van der Waals surface area contributed by atoms with Gasteiger partial charge in [-0.25, -0.2) is 0 Å². The predicted octanol–water partition coefficient (Wildman–Crippen LogP) is 2.55. The van der Waals surface area contributed by atoms with E-state index in [1.165, 1.54) is 43.6 Å². The highest BCUT2D eigenvalue weighted by Gasteiger charge is 2.38. The van der Waals surface area contributed by atoms with Gasteiger partial charge in [-0.1, -0.05) is 49.6 Å². The van der Waals surface area contributed by atoms with Crippen molar-refractivity contribution >= 4 is 17.7 Å². The molecule has 1 aliphatic carbocycles. The van der Waals surface area contributed by atoms with Gasteiger partial charge < -0.3 is 11.1 Å². The summed E-state index contributed by atoms with van der Waals surface area (Å²) in [6.45, 7) is 3.02. The lowest BCUT2D eigenvalue weighted by molar-refractivity contribution is -0.123. The van der Waals surface area contributed by atoms with Crippen LogP contribution in [0.15, 0.2) is 30.3 Å². The second-order valence-electron chi connectivity index (χ2n) is 6.99. The van der Waals surface area contributed by atoms with Crippen molar-refractivity contribution in [3.8, 4) is 0 Å². The van der Waals surface area contributed by atoms with Crippen LogP contribution in [0.4, 0.5) is 0 Å². The van der Waals surface area contributed by atoms with E-state index in [0.29, 0.717) is 0 Å². The molecule has 1 aliphatic heterocycles. The van der Waals surface area contributed by atoms with E-state index in [-0.39, 0.29) is 11.4 Å². The van der Waals surface area contributed by atoms with Crippen molar-refractivity contribution in [3.05, 3.63) is 35.9 Å². The normalized spacial score (nSPS) is 22.7. The molecule has 24 heavy (non-hydrogen) atoms. The van der Waals surface area contributed by atoms with Crippen LogP contribution >= 0.6 is 11.8 Å². The Labute approximate surface area is 149 Å². The molecule has 1 amide bonds. The largest absolute Gasteiger partial charge is 0.353 e. The Morgan fingerprint density at radius 3 is 2.50 bits per heavy atom. The van der Waals surface area contributed by atoms with Gasteiger partial charge in [-0.05, 0) is 18.4 Å². The van der Waals surface area contributed by atoms with Crippen molar-refractivity contribution in [2.45, 2.75) is 43.7 Å². The molecule has 2 fully saturated rings. The van der Waals surface area contributed by atoms with Crippen molar-refractivity contribution < 1.29 is 4.79 Å². The number of hydrogen-bond acceptors (Lipinski definition) is 4. The van der Waals surface area contributed by atoms with Crippen molar-refractivity contribution in [2.24, 2.45) is 5.73 Å². The van der Waals surface area contributed by atoms with Crippen LogP contribution in [0.1, 0.15) is 43.7 Å². The lowest BCUT2D eigenvalue weighted by atomic mass is 9.80. The van der Waals surface area contributed by atoms with Crippen LogP contribution in [0.2, 0.25) is 0 Å². The van der Waals surface area contributed by atoms with Gasteiger partial charge in [-0.3, -0.25) is 9.69 Å². The van der Waals surface area contributed by atoms with Crippen LogP contribution in [0.5, 0.6) is 0 Å². The van der Waals surface area contributed by atoms with Crippen LogP contribution in [-0.2, 0) is 4.79 Å². The summed E-state index contributed by atoms with van der Waals surface area (Å²) in [5, 5.41) is 3.18. The molecule has 4 nitrogen and oxygen atoms in total. The fourth-order valence-corrected chi connectivity index (χ4v) is 4.93. The minimum absolute atomic E-state index is 0.0578. The van der Waals surface area contributed by atoms with E-state index in [1.807, 2.05) is 42.1 Å². The Morgan fingerprint density at radius 1 is 1.17 bits per heavy atom. The quantitative estimate of drug-likeness (QED) is 0.859. The van der Waals surface area contributed by atoms with E-state index in [0.717, 1.165) is 25.2 Å². The molecule has 3 rings (SSSR count). The average molecular weight is 348 g/mol. The number of carbonyl (C=O) groups is 1. The maximum absolute atomic E-state index is 12.6. The van der Waals surface area contributed by atoms with Gasteiger partial charge in [0.15, 0.2) is 0 Å². The Kier molecular flexibility index (Phi) is 6.19. The Hall–Kier alpha value is -1.04. The summed E-state index contributed by atoms with van der Waals surface area (Å²) in [7, 11) is 0. The summed E-state index contributed by atoms with van der Waals surface area (Å²) in [5.41, 5.74) is 7.17. The molecule has 1 heterocycles. The highest BCUT2D eigenvalue weighted by molar-refractivity contribution is 7.99. The van der Waals surface area contributed by atoms with E-state index >= 15 is 0 Å². The first kappa shape index (κ1) is 17.8. The SMILES string of the molecule is NC(C(=O)NCC1(N2CCSCC2)CCCCC1)c1ccccc1. The standard InChI is InChI=1S/C19H29N3OS/c20-17(16-7-3-1-4-8-16)18(23)21-15-19(9-5-2-6-10-19)22-11-13-24-14-12-22/h1,3-4,7-8,17H,2,5-6,9-15,20H2,(H,21,23). The van der Waals surface area contributed by atoms with Gasteiger partial charge in [-0.15, -0.1) is 0 Å². The third-order valence-electron chi connectivity index (χ3n) is 5.50. The lowest BCUT2D eigenvalue weighted by Gasteiger charge is -2.48. The molecule has 1 atom stereocenters. The van der Waals surface area contributed by atoms with E-state index in [9.17, 15) is 4.79 Å². The van der Waals surface area contributed by atoms with E-state index in [4.69, 9.17) is 5.73 Å². The maximum atomic E-state index is 12.6. The van der Waals surface area contributed by atoms with Crippen molar-refractivity contribution in [1.29, 1.82) is 0 Å². The second kappa shape index (κ2) is 8.37. The van der Waals surface area contributed by atoms with Gasteiger partial charge in [0.1, 0.15) is 6.04 Å². The number of benzene rings is 1. The third-order valence-corrected chi connectivity index (χ3v) is 6.44. The fraction of sp³-hybridized carbons (Fsp3) is 0.632. The van der Waals surface area contributed by atoms with Crippen LogP contribution in [0, 0.1) is 0 Å². The third kappa shape index (κ3) is 4.13. The van der Waals surface area contributed by atoms with Gasteiger partial charge in [-0.2, -0.15) is 11.8 Å². The van der Waals surface area contributed by atoms with Crippen LogP contribution in [-0.4, -0.2) is 47.5 Å². The van der Waals surface area contributed by atoms with Gasteiger partial charge in [0.25, 0.3) is 0 Å². The molecule has 1 aromatic rings. The molecule has 1 unspecified atom stereocenters. The molecular formula is C19H29N3OS. The zero-order valence-electron chi connectivity index (χ0n) is 14.4. The first-order valence-electron chi connectivity index (χ1n) is 9.12. The summed E-state index contributed by atoms with van der Waals surface area (Å²) >= 11 is 2.04. The van der Waals surface area contributed by atoms with E-state index in [1.54, 1.807) is 0 Å². The van der Waals surface area contributed by atoms with Crippen LogP contribution in [0.3, 0.4) is 0 Å².